The minimum absolute atomic E-state index is 0.0359. The standard InChI is InChI=1S/C25H28N4S/c1-15-9-8-11-22(18(15)4)29-16(2)13-20(19(29)5)24-23(21-10-6-7-12-26-21)27-25-28(24)14-17(3)30-25/h6-13,17,23-24H,14H2,1-5H3/t17-,23-,24+/m0/s1. The molecule has 0 saturated carbocycles. The van der Waals surface area contributed by atoms with Crippen LogP contribution in [0.25, 0.3) is 5.69 Å². The van der Waals surface area contributed by atoms with Gasteiger partial charge in [-0.1, -0.05) is 36.9 Å². The maximum Gasteiger partial charge on any atom is 0.160 e. The molecule has 0 spiro atoms. The minimum Gasteiger partial charge on any atom is -0.341 e. The summed E-state index contributed by atoms with van der Waals surface area (Å²) in [7, 11) is 0. The molecule has 4 heterocycles. The molecule has 3 atom stereocenters. The summed E-state index contributed by atoms with van der Waals surface area (Å²) in [4.78, 5) is 12.3. The van der Waals surface area contributed by atoms with Gasteiger partial charge in [0.25, 0.3) is 0 Å². The maximum absolute atomic E-state index is 5.15. The molecule has 0 amide bonds. The van der Waals surface area contributed by atoms with Crippen LogP contribution in [0.3, 0.4) is 0 Å². The molecule has 154 valence electrons. The highest BCUT2D eigenvalue weighted by Crippen LogP contribution is 2.49. The van der Waals surface area contributed by atoms with E-state index in [0.717, 1.165) is 12.2 Å². The lowest BCUT2D eigenvalue weighted by molar-refractivity contribution is 0.320. The van der Waals surface area contributed by atoms with Crippen molar-refractivity contribution in [2.24, 2.45) is 4.99 Å². The lowest BCUT2D eigenvalue weighted by Gasteiger charge is -2.27. The van der Waals surface area contributed by atoms with E-state index in [1.165, 1.54) is 38.9 Å². The van der Waals surface area contributed by atoms with E-state index in [0.29, 0.717) is 5.25 Å². The first-order chi connectivity index (χ1) is 14.5. The molecular weight excluding hydrogens is 388 g/mol. The lowest BCUT2D eigenvalue weighted by Crippen LogP contribution is -2.28. The number of aliphatic imine (C=N–C) groups is 1. The summed E-state index contributed by atoms with van der Waals surface area (Å²) in [5, 5.41) is 1.73. The van der Waals surface area contributed by atoms with Gasteiger partial charge in [-0.3, -0.25) is 9.98 Å². The zero-order valence-electron chi connectivity index (χ0n) is 18.3. The summed E-state index contributed by atoms with van der Waals surface area (Å²) in [6.45, 7) is 12.2. The van der Waals surface area contributed by atoms with Gasteiger partial charge in [0.05, 0.1) is 11.7 Å². The monoisotopic (exact) mass is 416 g/mol. The van der Waals surface area contributed by atoms with Crippen LogP contribution in [0, 0.1) is 27.7 Å². The maximum atomic E-state index is 5.15. The molecule has 2 aliphatic heterocycles. The second-order valence-electron chi connectivity index (χ2n) is 8.52. The Morgan fingerprint density at radius 3 is 2.63 bits per heavy atom. The average molecular weight is 417 g/mol. The molecule has 1 aromatic carbocycles. The van der Waals surface area contributed by atoms with Crippen LogP contribution >= 0.6 is 11.8 Å². The first-order valence-electron chi connectivity index (χ1n) is 10.6. The fourth-order valence-corrected chi connectivity index (χ4v) is 5.98. The van der Waals surface area contributed by atoms with Gasteiger partial charge in [-0.05, 0) is 68.7 Å². The number of aromatic nitrogens is 2. The molecule has 2 aromatic heterocycles. The van der Waals surface area contributed by atoms with Gasteiger partial charge >= 0.3 is 0 Å². The zero-order valence-corrected chi connectivity index (χ0v) is 19.1. The molecular formula is C25H28N4S. The number of hydrogen-bond donors (Lipinski definition) is 0. The van der Waals surface area contributed by atoms with E-state index in [-0.39, 0.29) is 12.1 Å². The van der Waals surface area contributed by atoms with Gasteiger partial charge in [-0.2, -0.15) is 0 Å². The summed E-state index contributed by atoms with van der Waals surface area (Å²) >= 11 is 1.89. The van der Waals surface area contributed by atoms with Crippen molar-refractivity contribution in [1.82, 2.24) is 14.5 Å². The van der Waals surface area contributed by atoms with Crippen LogP contribution in [0.4, 0.5) is 0 Å². The summed E-state index contributed by atoms with van der Waals surface area (Å²) in [6.07, 6.45) is 1.88. The Morgan fingerprint density at radius 1 is 1.03 bits per heavy atom. The summed E-state index contributed by atoms with van der Waals surface area (Å²) in [5.74, 6) is 0. The van der Waals surface area contributed by atoms with E-state index in [1.807, 2.05) is 24.0 Å². The van der Waals surface area contributed by atoms with Crippen molar-refractivity contribution in [3.05, 3.63) is 82.4 Å². The van der Waals surface area contributed by atoms with Gasteiger partial charge < -0.3 is 9.47 Å². The van der Waals surface area contributed by atoms with Gasteiger partial charge in [0.2, 0.25) is 0 Å². The second kappa shape index (κ2) is 7.31. The number of pyridine rings is 1. The number of fused-ring (bicyclic) bond motifs is 1. The average Bonchev–Trinajstić information content (AvgIpc) is 3.35. The van der Waals surface area contributed by atoms with E-state index in [4.69, 9.17) is 4.99 Å². The van der Waals surface area contributed by atoms with E-state index in [9.17, 15) is 0 Å². The molecule has 0 radical (unpaired) electrons. The minimum atomic E-state index is 0.0359. The summed E-state index contributed by atoms with van der Waals surface area (Å²) < 4.78 is 2.41. The van der Waals surface area contributed by atoms with E-state index >= 15 is 0 Å². The van der Waals surface area contributed by atoms with Gasteiger partial charge in [0.15, 0.2) is 5.17 Å². The summed E-state index contributed by atoms with van der Waals surface area (Å²) in [5.41, 5.74) is 8.91. The molecule has 0 aliphatic carbocycles. The lowest BCUT2D eigenvalue weighted by atomic mass is 9.96. The highest BCUT2D eigenvalue weighted by Gasteiger charge is 2.44. The molecule has 5 heteroatoms. The van der Waals surface area contributed by atoms with Crippen LogP contribution in [0.2, 0.25) is 0 Å². The number of thioether (sulfide) groups is 1. The summed E-state index contributed by atoms with van der Waals surface area (Å²) in [6, 6.07) is 15.3. The molecule has 0 N–H and O–H groups in total. The molecule has 1 saturated heterocycles. The van der Waals surface area contributed by atoms with Gasteiger partial charge in [-0.25, -0.2) is 0 Å². The number of hydrogen-bond acceptors (Lipinski definition) is 4. The predicted molar refractivity (Wildman–Crippen MR) is 126 cm³/mol. The first kappa shape index (κ1) is 19.4. The van der Waals surface area contributed by atoms with Crippen molar-refractivity contribution in [1.29, 1.82) is 0 Å². The first-order valence-corrected chi connectivity index (χ1v) is 11.5. The highest BCUT2D eigenvalue weighted by molar-refractivity contribution is 8.14. The fourth-order valence-electron chi connectivity index (χ4n) is 4.89. The van der Waals surface area contributed by atoms with Crippen LogP contribution < -0.4 is 0 Å². The number of rotatable bonds is 3. The van der Waals surface area contributed by atoms with Crippen LogP contribution in [0.5, 0.6) is 0 Å². The molecule has 0 bridgehead atoms. The Labute approximate surface area is 183 Å². The van der Waals surface area contributed by atoms with Crippen molar-refractivity contribution >= 4 is 16.9 Å². The topological polar surface area (TPSA) is 33.4 Å². The molecule has 30 heavy (non-hydrogen) atoms. The van der Waals surface area contributed by atoms with Crippen LogP contribution in [-0.4, -0.2) is 31.4 Å². The SMILES string of the molecule is Cc1cccc(-n2c(C)cc([C@@H]3[C@H](c4ccccn4)N=C4S[C@@H](C)CN43)c2C)c1C. The zero-order chi connectivity index (χ0) is 21.0. The van der Waals surface area contributed by atoms with Crippen molar-refractivity contribution in [2.75, 3.05) is 6.54 Å². The Bertz CT molecular complexity index is 1130. The van der Waals surface area contributed by atoms with Crippen molar-refractivity contribution in [3.63, 3.8) is 0 Å². The Hall–Kier alpha value is -2.53. The largest absolute Gasteiger partial charge is 0.341 e. The second-order valence-corrected chi connectivity index (χ2v) is 9.92. The van der Waals surface area contributed by atoms with E-state index in [1.54, 1.807) is 0 Å². The quantitative estimate of drug-likeness (QED) is 0.549. The fraction of sp³-hybridized carbons (Fsp3) is 0.360. The van der Waals surface area contributed by atoms with Crippen molar-refractivity contribution in [3.8, 4) is 5.69 Å². The highest BCUT2D eigenvalue weighted by atomic mass is 32.2. The molecule has 0 unspecified atom stereocenters. The van der Waals surface area contributed by atoms with Gasteiger partial charge in [0, 0.05) is 35.1 Å². The number of nitrogens with zero attached hydrogens (tertiary/aromatic N) is 4. The Morgan fingerprint density at radius 2 is 1.87 bits per heavy atom. The van der Waals surface area contributed by atoms with Gasteiger partial charge in [0.1, 0.15) is 6.04 Å². The predicted octanol–water partition coefficient (Wildman–Crippen LogP) is 5.70. The van der Waals surface area contributed by atoms with Crippen molar-refractivity contribution in [2.45, 2.75) is 52.0 Å². The Kier molecular flexibility index (Phi) is 4.73. The molecule has 2 aliphatic rings. The van der Waals surface area contributed by atoms with Crippen LogP contribution in [-0.2, 0) is 0 Å². The van der Waals surface area contributed by atoms with Crippen LogP contribution in [0.15, 0.2) is 53.7 Å². The third kappa shape index (κ3) is 2.99. The van der Waals surface area contributed by atoms with Gasteiger partial charge in [-0.15, -0.1) is 0 Å². The van der Waals surface area contributed by atoms with E-state index in [2.05, 4.69) is 85.5 Å². The number of aryl methyl sites for hydroxylation is 2. The molecule has 4 nitrogen and oxygen atoms in total. The molecule has 1 fully saturated rings. The Balaban J connectivity index is 1.65. The molecule has 3 aromatic rings. The van der Waals surface area contributed by atoms with Crippen molar-refractivity contribution < 1.29 is 0 Å². The third-order valence-corrected chi connectivity index (χ3v) is 7.59. The normalized spacial score (nSPS) is 23.0. The van der Waals surface area contributed by atoms with E-state index < -0.39 is 0 Å². The number of amidine groups is 1. The molecule has 5 rings (SSSR count). The smallest absolute Gasteiger partial charge is 0.160 e. The number of benzene rings is 1. The van der Waals surface area contributed by atoms with Crippen LogP contribution in [0.1, 0.15) is 52.8 Å². The third-order valence-electron chi connectivity index (χ3n) is 6.49.